The molecule has 3 aliphatic heterocycles. The maximum Gasteiger partial charge on any atom is 0.162 e. The predicted octanol–water partition coefficient (Wildman–Crippen LogP) is -0.538. The minimum atomic E-state index is -0.546. The van der Waals surface area contributed by atoms with E-state index in [0.29, 0.717) is 5.75 Å². The van der Waals surface area contributed by atoms with E-state index in [4.69, 9.17) is 4.74 Å². The molecule has 18 heavy (non-hydrogen) atoms. The van der Waals surface area contributed by atoms with Crippen LogP contribution < -0.4 is 4.74 Å². The van der Waals surface area contributed by atoms with Crippen molar-refractivity contribution in [2.24, 2.45) is 7.05 Å². The first-order valence-corrected chi connectivity index (χ1v) is 6.41. The van der Waals surface area contributed by atoms with Crippen LogP contribution in [0.25, 0.3) is 0 Å². The molecule has 1 aromatic rings. The summed E-state index contributed by atoms with van der Waals surface area (Å²) in [6.07, 6.45) is 1.12. The third-order valence-electron chi connectivity index (χ3n) is 4.13. The van der Waals surface area contributed by atoms with Gasteiger partial charge < -0.3 is 9.84 Å². The molecule has 0 amide bonds. The largest absolute Gasteiger partial charge is 0.493 e. The van der Waals surface area contributed by atoms with Crippen molar-refractivity contribution in [2.45, 2.75) is 12.1 Å². The average molecular weight is 252 g/mol. The van der Waals surface area contributed by atoms with E-state index in [1.807, 2.05) is 7.05 Å². The van der Waals surface area contributed by atoms with E-state index in [1.165, 1.54) is 0 Å². The van der Waals surface area contributed by atoms with Gasteiger partial charge in [-0.05, 0) is 0 Å². The van der Waals surface area contributed by atoms with Crippen LogP contribution >= 0.6 is 0 Å². The molecular formula is C12H20N4O2. The second kappa shape index (κ2) is 4.53. The van der Waals surface area contributed by atoms with Crippen LogP contribution in [0.4, 0.5) is 0 Å². The molecule has 2 bridgehead atoms. The Bertz CT molecular complexity index is 426. The summed E-state index contributed by atoms with van der Waals surface area (Å²) >= 11 is 0. The molecule has 3 saturated heterocycles. The fraction of sp³-hybridized carbons (Fsp3) is 0.750. The molecule has 0 radical (unpaired) electrons. The lowest BCUT2D eigenvalue weighted by atomic mass is 9.99. The second-order valence-electron chi connectivity index (χ2n) is 5.07. The van der Waals surface area contributed by atoms with Gasteiger partial charge in [0.1, 0.15) is 11.8 Å². The predicted molar refractivity (Wildman–Crippen MR) is 66.5 cm³/mol. The number of methoxy groups -OCH3 is 1. The fourth-order valence-electron chi connectivity index (χ4n) is 3.06. The number of fused-ring (bicyclic) bond motifs is 3. The first kappa shape index (κ1) is 12.0. The molecule has 3 fully saturated rings. The van der Waals surface area contributed by atoms with Crippen molar-refractivity contribution in [3.05, 3.63) is 11.9 Å². The van der Waals surface area contributed by atoms with Crippen molar-refractivity contribution in [2.75, 3.05) is 39.8 Å². The summed E-state index contributed by atoms with van der Waals surface area (Å²) in [4.78, 5) is 4.79. The highest BCUT2D eigenvalue weighted by Crippen LogP contribution is 2.31. The summed E-state index contributed by atoms with van der Waals surface area (Å²) in [6, 6.07) is 0.150. The number of hydrogen-bond acceptors (Lipinski definition) is 5. The van der Waals surface area contributed by atoms with Crippen molar-refractivity contribution in [1.82, 2.24) is 19.6 Å². The highest BCUT2D eigenvalue weighted by Gasteiger charge is 2.38. The first-order chi connectivity index (χ1) is 8.70. The maximum atomic E-state index is 10.6. The summed E-state index contributed by atoms with van der Waals surface area (Å²) < 4.78 is 6.99. The molecular weight excluding hydrogens is 232 g/mol. The third-order valence-corrected chi connectivity index (χ3v) is 4.13. The van der Waals surface area contributed by atoms with Crippen molar-refractivity contribution >= 4 is 0 Å². The van der Waals surface area contributed by atoms with Crippen LogP contribution in [0.2, 0.25) is 0 Å². The van der Waals surface area contributed by atoms with E-state index in [-0.39, 0.29) is 6.04 Å². The Morgan fingerprint density at radius 2 is 2.11 bits per heavy atom. The Morgan fingerprint density at radius 1 is 1.39 bits per heavy atom. The molecule has 4 heterocycles. The van der Waals surface area contributed by atoms with Crippen LogP contribution in [0.5, 0.6) is 5.75 Å². The minimum Gasteiger partial charge on any atom is -0.493 e. The number of nitrogens with zero attached hydrogens (tertiary/aromatic N) is 4. The second-order valence-corrected chi connectivity index (χ2v) is 5.07. The Labute approximate surface area is 107 Å². The summed E-state index contributed by atoms with van der Waals surface area (Å²) in [5, 5.41) is 14.8. The smallest absolute Gasteiger partial charge is 0.162 e. The van der Waals surface area contributed by atoms with Gasteiger partial charge in [-0.25, -0.2) is 0 Å². The van der Waals surface area contributed by atoms with Gasteiger partial charge in [-0.15, -0.1) is 0 Å². The molecule has 2 atom stereocenters. The number of rotatable bonds is 3. The maximum absolute atomic E-state index is 10.6. The Morgan fingerprint density at radius 3 is 2.67 bits per heavy atom. The first-order valence-electron chi connectivity index (χ1n) is 6.41. The molecule has 1 N–H and O–H groups in total. The molecule has 0 saturated carbocycles. The van der Waals surface area contributed by atoms with Gasteiger partial charge in [0.15, 0.2) is 5.75 Å². The normalized spacial score (nSPS) is 32.5. The number of hydrogen-bond donors (Lipinski definition) is 1. The van der Waals surface area contributed by atoms with E-state index >= 15 is 0 Å². The monoisotopic (exact) mass is 252 g/mol. The van der Waals surface area contributed by atoms with Gasteiger partial charge in [-0.1, -0.05) is 0 Å². The van der Waals surface area contributed by atoms with Gasteiger partial charge >= 0.3 is 0 Å². The quantitative estimate of drug-likeness (QED) is 0.783. The molecule has 3 aliphatic rings. The van der Waals surface area contributed by atoms with Gasteiger partial charge in [0.2, 0.25) is 0 Å². The highest BCUT2D eigenvalue weighted by molar-refractivity contribution is 5.28. The van der Waals surface area contributed by atoms with Crippen molar-refractivity contribution in [3.63, 3.8) is 0 Å². The summed E-state index contributed by atoms with van der Waals surface area (Å²) in [5.41, 5.74) is 0.774. The van der Waals surface area contributed by atoms with Gasteiger partial charge in [-0.3, -0.25) is 14.5 Å². The van der Waals surface area contributed by atoms with Crippen molar-refractivity contribution < 1.29 is 9.84 Å². The van der Waals surface area contributed by atoms with Gasteiger partial charge in [0.05, 0.1) is 19.3 Å². The number of aliphatic hydroxyl groups excluding tert-OH is 1. The molecule has 0 aliphatic carbocycles. The summed E-state index contributed by atoms with van der Waals surface area (Å²) in [5.74, 6) is 0.669. The number of aromatic nitrogens is 2. The molecule has 100 valence electrons. The summed E-state index contributed by atoms with van der Waals surface area (Å²) in [6.45, 7) is 5.25. The zero-order valence-corrected chi connectivity index (χ0v) is 10.9. The van der Waals surface area contributed by atoms with Crippen molar-refractivity contribution in [1.29, 1.82) is 0 Å². The van der Waals surface area contributed by atoms with E-state index in [2.05, 4.69) is 14.9 Å². The van der Waals surface area contributed by atoms with Gasteiger partial charge in [0.25, 0.3) is 0 Å². The van der Waals surface area contributed by atoms with Crippen LogP contribution in [-0.2, 0) is 7.05 Å². The van der Waals surface area contributed by atoms with E-state index in [1.54, 1.807) is 18.0 Å². The lowest BCUT2D eigenvalue weighted by Gasteiger charge is -2.48. The molecule has 0 aromatic carbocycles. The minimum absolute atomic E-state index is 0.150. The SMILES string of the molecule is COc1cnn(C)c1C(O)C1CN2CCN1CC2. The van der Waals surface area contributed by atoms with Gasteiger partial charge in [0, 0.05) is 39.8 Å². The van der Waals surface area contributed by atoms with Crippen LogP contribution in [0.3, 0.4) is 0 Å². The standard InChI is InChI=1S/C12H20N4O2/c1-14-11(10(18-2)7-13-14)12(17)9-8-15-3-5-16(9)6-4-15/h7,9,12,17H,3-6,8H2,1-2H3. The molecule has 2 unspecified atom stereocenters. The molecule has 1 aromatic heterocycles. The number of aryl methyl sites for hydroxylation is 1. The third kappa shape index (κ3) is 1.81. The molecule has 6 nitrogen and oxygen atoms in total. The van der Waals surface area contributed by atoms with Crippen LogP contribution in [0, 0.1) is 0 Å². The van der Waals surface area contributed by atoms with E-state index in [0.717, 1.165) is 38.4 Å². The molecule has 6 heteroatoms. The average Bonchev–Trinajstić information content (AvgIpc) is 2.80. The Kier molecular flexibility index (Phi) is 3.01. The van der Waals surface area contributed by atoms with E-state index in [9.17, 15) is 5.11 Å². The number of aliphatic hydroxyl groups is 1. The van der Waals surface area contributed by atoms with E-state index < -0.39 is 6.10 Å². The summed E-state index contributed by atoms with van der Waals surface area (Å²) in [7, 11) is 3.46. The lowest BCUT2D eigenvalue weighted by Crippen LogP contribution is -2.62. The Balaban J connectivity index is 1.85. The van der Waals surface area contributed by atoms with Crippen LogP contribution in [-0.4, -0.2) is 70.6 Å². The zero-order valence-electron chi connectivity index (χ0n) is 10.9. The zero-order chi connectivity index (χ0) is 12.7. The lowest BCUT2D eigenvalue weighted by molar-refractivity contribution is -0.0499. The van der Waals surface area contributed by atoms with Crippen LogP contribution in [0.15, 0.2) is 6.20 Å². The van der Waals surface area contributed by atoms with Gasteiger partial charge in [-0.2, -0.15) is 5.10 Å². The Hall–Kier alpha value is -1.11. The molecule has 0 spiro atoms. The molecule has 4 rings (SSSR count). The number of ether oxygens (including phenoxy) is 1. The highest BCUT2D eigenvalue weighted by atomic mass is 16.5. The van der Waals surface area contributed by atoms with Crippen LogP contribution in [0.1, 0.15) is 11.8 Å². The number of piperazine rings is 3. The fourth-order valence-corrected chi connectivity index (χ4v) is 3.06. The topological polar surface area (TPSA) is 53.8 Å². The van der Waals surface area contributed by atoms with Crippen molar-refractivity contribution in [3.8, 4) is 5.75 Å².